The third-order valence-electron chi connectivity index (χ3n) is 5.44. The Labute approximate surface area is 172 Å². The van der Waals surface area contributed by atoms with Gasteiger partial charge in [0.05, 0.1) is 16.5 Å². The molecule has 9 heteroatoms. The van der Waals surface area contributed by atoms with Crippen molar-refractivity contribution < 1.29 is 14.0 Å². The molecule has 1 aliphatic heterocycles. The highest BCUT2D eigenvalue weighted by Gasteiger charge is 2.27. The highest BCUT2D eigenvalue weighted by atomic mass is 32.2. The van der Waals surface area contributed by atoms with Crippen molar-refractivity contribution in [3.05, 3.63) is 16.5 Å². The summed E-state index contributed by atoms with van der Waals surface area (Å²) in [6, 6.07) is 2.17. The van der Waals surface area contributed by atoms with E-state index in [0.29, 0.717) is 24.2 Å². The van der Waals surface area contributed by atoms with Gasteiger partial charge in [0.1, 0.15) is 0 Å². The van der Waals surface area contributed by atoms with Crippen LogP contribution in [0.15, 0.2) is 15.7 Å². The zero-order valence-electron chi connectivity index (χ0n) is 15.8. The Morgan fingerprint density at radius 1 is 1.39 bits per heavy atom. The lowest BCUT2D eigenvalue weighted by atomic mass is 9.90. The van der Waals surface area contributed by atoms with Gasteiger partial charge in [-0.15, -0.1) is 21.5 Å². The molecule has 2 aromatic rings. The normalized spacial score (nSPS) is 22.1. The Morgan fingerprint density at radius 3 is 3.07 bits per heavy atom. The fourth-order valence-electron chi connectivity index (χ4n) is 3.83. The lowest BCUT2D eigenvalue weighted by molar-refractivity contribution is -0.132. The molecule has 0 radical (unpaired) electrons. The highest BCUT2D eigenvalue weighted by Crippen LogP contribution is 2.37. The Kier molecular flexibility index (Phi) is 5.73. The lowest BCUT2D eigenvalue weighted by Crippen LogP contribution is -2.44. The van der Waals surface area contributed by atoms with Gasteiger partial charge in [0.2, 0.25) is 11.8 Å². The maximum Gasteiger partial charge on any atom is 0.277 e. The molecule has 28 heavy (non-hydrogen) atoms. The van der Waals surface area contributed by atoms with Gasteiger partial charge in [0, 0.05) is 18.0 Å². The monoisotopic (exact) mass is 420 g/mol. The smallest absolute Gasteiger partial charge is 0.277 e. The molecule has 0 bridgehead atoms. The molecule has 1 fully saturated rings. The fraction of sp³-hybridized carbons (Fsp3) is 0.579. The van der Waals surface area contributed by atoms with E-state index in [1.165, 1.54) is 28.6 Å². The Balaban J connectivity index is 1.35. The molecule has 2 aromatic heterocycles. The maximum absolute atomic E-state index is 12.4. The minimum Gasteiger partial charge on any atom is -0.410 e. The number of primary amides is 1. The molecule has 1 aliphatic carbocycles. The van der Waals surface area contributed by atoms with Crippen LogP contribution >= 0.6 is 23.1 Å². The highest BCUT2D eigenvalue weighted by molar-refractivity contribution is 7.99. The zero-order chi connectivity index (χ0) is 19.7. The van der Waals surface area contributed by atoms with Crippen molar-refractivity contribution in [3.8, 4) is 10.8 Å². The number of carbonyl (C=O) groups is 2. The molecule has 1 saturated heterocycles. The summed E-state index contributed by atoms with van der Waals surface area (Å²) in [6.45, 7) is 3.35. The van der Waals surface area contributed by atoms with Crippen LogP contribution in [0.25, 0.3) is 10.8 Å². The summed E-state index contributed by atoms with van der Waals surface area (Å²) < 4.78 is 5.78. The first kappa shape index (κ1) is 19.4. The molecule has 3 heterocycles. The predicted octanol–water partition coefficient (Wildman–Crippen LogP) is 2.74. The Bertz CT molecular complexity index is 878. The number of fused-ring (bicyclic) bond motifs is 1. The first-order valence-corrected chi connectivity index (χ1v) is 11.4. The molecule has 2 atom stereocenters. The summed E-state index contributed by atoms with van der Waals surface area (Å²) in [4.78, 5) is 28.0. The molecule has 0 spiro atoms. The molecule has 150 valence electrons. The number of piperidine rings is 1. The summed E-state index contributed by atoms with van der Waals surface area (Å²) in [5.41, 5.74) is 6.78. The first-order valence-electron chi connectivity index (χ1n) is 9.65. The number of thioether (sulfide) groups is 1. The van der Waals surface area contributed by atoms with E-state index in [9.17, 15) is 9.59 Å². The van der Waals surface area contributed by atoms with Gasteiger partial charge in [-0.1, -0.05) is 18.7 Å². The van der Waals surface area contributed by atoms with Crippen LogP contribution < -0.4 is 5.73 Å². The van der Waals surface area contributed by atoms with Gasteiger partial charge >= 0.3 is 0 Å². The molecule has 0 saturated carbocycles. The summed E-state index contributed by atoms with van der Waals surface area (Å²) in [5.74, 6) is 0.847. The van der Waals surface area contributed by atoms with Crippen LogP contribution in [0.2, 0.25) is 0 Å². The second-order valence-corrected chi connectivity index (χ2v) is 9.71. The van der Waals surface area contributed by atoms with Crippen LogP contribution in [-0.2, 0) is 22.4 Å². The van der Waals surface area contributed by atoms with Crippen LogP contribution in [-0.4, -0.2) is 45.8 Å². The Hall–Kier alpha value is -1.87. The average Bonchev–Trinajstić information content (AvgIpc) is 3.32. The standard InChI is InChI=1S/C19H24N4O3S2/c1-11-4-5-14-13(7-11)8-15(28-14)18-21-22-19(26-18)27-10-16(24)23-6-2-3-12(9-23)17(20)25/h8,11-12H,2-7,9-10H2,1H3,(H2,20,25)/t11-,12-/m0/s1. The van der Waals surface area contributed by atoms with Crippen molar-refractivity contribution in [1.29, 1.82) is 0 Å². The average molecular weight is 421 g/mol. The van der Waals surface area contributed by atoms with E-state index >= 15 is 0 Å². The maximum atomic E-state index is 12.4. The SMILES string of the molecule is C[C@H]1CCc2sc(-c3nnc(SCC(=O)N4CCC[C@H](C(N)=O)C4)o3)cc2C1. The molecule has 4 rings (SSSR count). The molecule has 7 nitrogen and oxygen atoms in total. The largest absolute Gasteiger partial charge is 0.410 e. The third kappa shape index (κ3) is 4.25. The number of nitrogens with two attached hydrogens (primary N) is 1. The van der Waals surface area contributed by atoms with Crippen LogP contribution in [0.1, 0.15) is 36.6 Å². The fourth-order valence-corrected chi connectivity index (χ4v) is 5.63. The van der Waals surface area contributed by atoms with Gasteiger partial charge in [0.25, 0.3) is 11.1 Å². The second kappa shape index (κ2) is 8.24. The van der Waals surface area contributed by atoms with Gasteiger partial charge in [0.15, 0.2) is 0 Å². The number of amides is 2. The van der Waals surface area contributed by atoms with Crippen molar-refractivity contribution in [2.75, 3.05) is 18.8 Å². The molecule has 2 N–H and O–H groups in total. The van der Waals surface area contributed by atoms with Crippen LogP contribution in [0.5, 0.6) is 0 Å². The molecule has 0 aromatic carbocycles. The summed E-state index contributed by atoms with van der Waals surface area (Å²) in [5, 5.41) is 8.64. The van der Waals surface area contributed by atoms with Crippen LogP contribution in [0.4, 0.5) is 0 Å². The van der Waals surface area contributed by atoms with Crippen molar-refractivity contribution in [2.45, 2.75) is 44.3 Å². The minimum absolute atomic E-state index is 0.0312. The summed E-state index contributed by atoms with van der Waals surface area (Å²) in [7, 11) is 0. The number of likely N-dealkylation sites (tertiary alicyclic amines) is 1. The summed E-state index contributed by atoms with van der Waals surface area (Å²) >= 11 is 2.97. The minimum atomic E-state index is -0.334. The number of hydrogen-bond acceptors (Lipinski definition) is 7. The van der Waals surface area contributed by atoms with Crippen molar-refractivity contribution in [3.63, 3.8) is 0 Å². The molecular formula is C19H24N4O3S2. The second-order valence-electron chi connectivity index (χ2n) is 7.65. The summed E-state index contributed by atoms with van der Waals surface area (Å²) in [6.07, 6.45) is 5.01. The number of aryl methyl sites for hydroxylation is 1. The van der Waals surface area contributed by atoms with Crippen LogP contribution in [0.3, 0.4) is 0 Å². The van der Waals surface area contributed by atoms with E-state index < -0.39 is 0 Å². The molecule has 0 unspecified atom stereocenters. The number of nitrogens with zero attached hydrogens (tertiary/aromatic N) is 3. The van der Waals surface area contributed by atoms with E-state index in [2.05, 4.69) is 23.2 Å². The van der Waals surface area contributed by atoms with E-state index in [4.69, 9.17) is 10.2 Å². The van der Waals surface area contributed by atoms with Crippen molar-refractivity contribution in [2.24, 2.45) is 17.6 Å². The number of thiophene rings is 1. The quantitative estimate of drug-likeness (QED) is 0.746. The van der Waals surface area contributed by atoms with Gasteiger partial charge in [-0.3, -0.25) is 9.59 Å². The van der Waals surface area contributed by atoms with E-state index in [1.807, 2.05) is 0 Å². The van der Waals surface area contributed by atoms with Gasteiger partial charge in [-0.2, -0.15) is 0 Å². The van der Waals surface area contributed by atoms with Crippen LogP contribution in [0, 0.1) is 11.8 Å². The molecular weight excluding hydrogens is 396 g/mol. The topological polar surface area (TPSA) is 102 Å². The number of hydrogen-bond donors (Lipinski definition) is 1. The first-order chi connectivity index (χ1) is 13.5. The lowest BCUT2D eigenvalue weighted by Gasteiger charge is -2.31. The molecule has 2 amide bonds. The number of rotatable bonds is 5. The third-order valence-corrected chi connectivity index (χ3v) is 7.47. The van der Waals surface area contributed by atoms with E-state index in [-0.39, 0.29) is 23.5 Å². The van der Waals surface area contributed by atoms with E-state index in [1.54, 1.807) is 16.2 Å². The van der Waals surface area contributed by atoms with Gasteiger partial charge < -0.3 is 15.1 Å². The van der Waals surface area contributed by atoms with Crippen molar-refractivity contribution >= 4 is 34.9 Å². The van der Waals surface area contributed by atoms with Gasteiger partial charge in [-0.25, -0.2) is 0 Å². The number of carbonyl (C=O) groups excluding carboxylic acids is 2. The number of aromatic nitrogens is 2. The van der Waals surface area contributed by atoms with Gasteiger partial charge in [-0.05, 0) is 49.7 Å². The predicted molar refractivity (Wildman–Crippen MR) is 108 cm³/mol. The molecule has 2 aliphatic rings. The Morgan fingerprint density at radius 2 is 2.25 bits per heavy atom. The zero-order valence-corrected chi connectivity index (χ0v) is 17.5. The van der Waals surface area contributed by atoms with Crippen molar-refractivity contribution in [1.82, 2.24) is 15.1 Å². The van der Waals surface area contributed by atoms with E-state index in [0.717, 1.165) is 36.5 Å².